The summed E-state index contributed by atoms with van der Waals surface area (Å²) in [6, 6.07) is 3.61. The Hall–Kier alpha value is -2.70. The highest BCUT2D eigenvalue weighted by Crippen LogP contribution is 2.34. The SMILES string of the molecule is CCOc1cc([C@H]2NC(=O)NC(C)=C2C(=O)O[C@H](C)C(C)(C)C)ccc1O. The molecule has 0 fully saturated rings. The van der Waals surface area contributed by atoms with E-state index in [1.54, 1.807) is 26.0 Å². The van der Waals surface area contributed by atoms with Crippen molar-refractivity contribution in [2.75, 3.05) is 6.61 Å². The van der Waals surface area contributed by atoms with Crippen molar-refractivity contribution in [2.45, 2.75) is 53.7 Å². The van der Waals surface area contributed by atoms with E-state index >= 15 is 0 Å². The third-order valence-corrected chi connectivity index (χ3v) is 4.61. The van der Waals surface area contributed by atoms with Crippen LogP contribution in [0.3, 0.4) is 0 Å². The van der Waals surface area contributed by atoms with Crippen molar-refractivity contribution in [1.29, 1.82) is 0 Å². The Bertz CT molecular complexity index is 764. The first-order valence-corrected chi connectivity index (χ1v) is 8.99. The van der Waals surface area contributed by atoms with Crippen molar-refractivity contribution in [1.82, 2.24) is 10.6 Å². The van der Waals surface area contributed by atoms with E-state index in [1.807, 2.05) is 27.7 Å². The Morgan fingerprint density at radius 1 is 1.33 bits per heavy atom. The van der Waals surface area contributed by atoms with Gasteiger partial charge in [-0.1, -0.05) is 26.8 Å². The van der Waals surface area contributed by atoms with Crippen LogP contribution in [0, 0.1) is 5.41 Å². The maximum Gasteiger partial charge on any atom is 0.338 e. The van der Waals surface area contributed by atoms with Crippen molar-refractivity contribution < 1.29 is 24.2 Å². The predicted molar refractivity (Wildman–Crippen MR) is 101 cm³/mol. The maximum atomic E-state index is 12.9. The van der Waals surface area contributed by atoms with Crippen molar-refractivity contribution >= 4 is 12.0 Å². The summed E-state index contributed by atoms with van der Waals surface area (Å²) in [5, 5.41) is 15.3. The summed E-state index contributed by atoms with van der Waals surface area (Å²) >= 11 is 0. The number of ether oxygens (including phenoxy) is 2. The zero-order valence-electron chi connectivity index (χ0n) is 16.7. The largest absolute Gasteiger partial charge is 0.504 e. The summed E-state index contributed by atoms with van der Waals surface area (Å²) < 4.78 is 11.1. The number of hydrogen-bond donors (Lipinski definition) is 3. The molecule has 2 rings (SSSR count). The first kappa shape index (κ1) is 20.6. The van der Waals surface area contributed by atoms with E-state index in [-0.39, 0.29) is 23.0 Å². The molecule has 2 atom stereocenters. The number of urea groups is 1. The van der Waals surface area contributed by atoms with Gasteiger partial charge in [0.15, 0.2) is 11.5 Å². The van der Waals surface area contributed by atoms with Crippen LogP contribution in [-0.4, -0.2) is 29.8 Å². The maximum absolute atomic E-state index is 12.9. The Labute approximate surface area is 159 Å². The average Bonchev–Trinajstić information content (AvgIpc) is 2.55. The molecule has 0 radical (unpaired) electrons. The first-order chi connectivity index (χ1) is 12.5. The zero-order valence-corrected chi connectivity index (χ0v) is 16.7. The summed E-state index contributed by atoms with van der Waals surface area (Å²) in [7, 11) is 0. The van der Waals surface area contributed by atoms with Gasteiger partial charge in [0.25, 0.3) is 0 Å². The first-order valence-electron chi connectivity index (χ1n) is 8.99. The van der Waals surface area contributed by atoms with E-state index in [2.05, 4.69) is 10.6 Å². The molecule has 1 aliphatic rings. The molecule has 7 heteroatoms. The van der Waals surface area contributed by atoms with Gasteiger partial charge in [-0.05, 0) is 43.9 Å². The highest BCUT2D eigenvalue weighted by atomic mass is 16.5. The number of allylic oxidation sites excluding steroid dienone is 1. The number of carbonyl (C=O) groups excluding carboxylic acids is 2. The van der Waals surface area contributed by atoms with E-state index in [0.29, 0.717) is 23.4 Å². The fourth-order valence-corrected chi connectivity index (χ4v) is 2.60. The quantitative estimate of drug-likeness (QED) is 0.685. The van der Waals surface area contributed by atoms with Crippen LogP contribution in [0.2, 0.25) is 0 Å². The molecule has 0 bridgehead atoms. The average molecular weight is 376 g/mol. The summed E-state index contributed by atoms with van der Waals surface area (Å²) in [5.41, 5.74) is 1.14. The zero-order chi connectivity index (χ0) is 20.4. The summed E-state index contributed by atoms with van der Waals surface area (Å²) in [4.78, 5) is 24.9. The monoisotopic (exact) mass is 376 g/mol. The number of hydrogen-bond acceptors (Lipinski definition) is 5. The lowest BCUT2D eigenvalue weighted by Crippen LogP contribution is -2.46. The van der Waals surface area contributed by atoms with Gasteiger partial charge in [0.1, 0.15) is 6.10 Å². The number of aromatic hydroxyl groups is 1. The number of amides is 2. The number of rotatable bonds is 5. The molecule has 7 nitrogen and oxygen atoms in total. The van der Waals surface area contributed by atoms with Gasteiger partial charge in [-0.15, -0.1) is 0 Å². The summed E-state index contributed by atoms with van der Waals surface area (Å²) in [6.07, 6.45) is -0.317. The molecule has 3 N–H and O–H groups in total. The molecular weight excluding hydrogens is 348 g/mol. The molecule has 0 aliphatic carbocycles. The molecule has 1 heterocycles. The minimum Gasteiger partial charge on any atom is -0.504 e. The van der Waals surface area contributed by atoms with Gasteiger partial charge in [-0.3, -0.25) is 0 Å². The fourth-order valence-electron chi connectivity index (χ4n) is 2.60. The molecule has 1 aliphatic heterocycles. The lowest BCUT2D eigenvalue weighted by molar-refractivity contribution is -0.149. The van der Waals surface area contributed by atoms with Crippen LogP contribution in [0.4, 0.5) is 4.79 Å². The second kappa shape index (κ2) is 7.90. The molecule has 2 amide bonds. The lowest BCUT2D eigenvalue weighted by Gasteiger charge is -2.31. The van der Waals surface area contributed by atoms with Crippen molar-refractivity contribution in [3.8, 4) is 11.5 Å². The third-order valence-electron chi connectivity index (χ3n) is 4.61. The van der Waals surface area contributed by atoms with Crippen molar-refractivity contribution in [3.05, 3.63) is 35.0 Å². The van der Waals surface area contributed by atoms with Crippen LogP contribution in [0.15, 0.2) is 29.5 Å². The molecule has 0 saturated heterocycles. The van der Waals surface area contributed by atoms with Crippen LogP contribution < -0.4 is 15.4 Å². The summed E-state index contributed by atoms with van der Waals surface area (Å²) in [5.74, 6) is -0.221. The molecule has 0 saturated carbocycles. The van der Waals surface area contributed by atoms with E-state index in [4.69, 9.17) is 9.47 Å². The highest BCUT2D eigenvalue weighted by molar-refractivity contribution is 5.95. The number of phenolic OH excluding ortho intramolecular Hbond substituents is 1. The van der Waals surface area contributed by atoms with Crippen LogP contribution in [-0.2, 0) is 9.53 Å². The minimum absolute atomic E-state index is 0.00737. The Morgan fingerprint density at radius 2 is 2.00 bits per heavy atom. The topological polar surface area (TPSA) is 96.9 Å². The van der Waals surface area contributed by atoms with Crippen LogP contribution in [0.1, 0.15) is 53.1 Å². The number of benzene rings is 1. The predicted octanol–water partition coefficient (Wildman–Crippen LogP) is 3.40. The van der Waals surface area contributed by atoms with E-state index in [9.17, 15) is 14.7 Å². The number of nitrogens with one attached hydrogen (secondary N) is 2. The van der Waals surface area contributed by atoms with Gasteiger partial charge in [0, 0.05) is 5.70 Å². The molecule has 1 aromatic rings. The number of phenols is 1. The lowest BCUT2D eigenvalue weighted by atomic mass is 9.90. The molecule has 0 aromatic heterocycles. The smallest absolute Gasteiger partial charge is 0.338 e. The van der Waals surface area contributed by atoms with Gasteiger partial charge in [-0.2, -0.15) is 0 Å². The van der Waals surface area contributed by atoms with Gasteiger partial charge < -0.3 is 25.2 Å². The van der Waals surface area contributed by atoms with Gasteiger partial charge >= 0.3 is 12.0 Å². The molecule has 148 valence electrons. The molecular formula is C20H28N2O5. The van der Waals surface area contributed by atoms with Crippen molar-refractivity contribution in [2.24, 2.45) is 5.41 Å². The van der Waals surface area contributed by atoms with E-state index in [0.717, 1.165) is 0 Å². The van der Waals surface area contributed by atoms with Crippen LogP contribution in [0.5, 0.6) is 11.5 Å². The molecule has 0 unspecified atom stereocenters. The third kappa shape index (κ3) is 4.72. The Kier molecular flexibility index (Phi) is 6.03. The highest BCUT2D eigenvalue weighted by Gasteiger charge is 2.35. The van der Waals surface area contributed by atoms with E-state index in [1.165, 1.54) is 6.07 Å². The van der Waals surface area contributed by atoms with Crippen molar-refractivity contribution in [3.63, 3.8) is 0 Å². The van der Waals surface area contributed by atoms with E-state index < -0.39 is 18.0 Å². The fraction of sp³-hybridized carbons (Fsp3) is 0.500. The molecule has 27 heavy (non-hydrogen) atoms. The Morgan fingerprint density at radius 3 is 2.59 bits per heavy atom. The van der Waals surface area contributed by atoms with Gasteiger partial charge in [0.2, 0.25) is 0 Å². The molecule has 0 spiro atoms. The number of esters is 1. The summed E-state index contributed by atoms with van der Waals surface area (Å²) in [6.45, 7) is 11.6. The number of carbonyl (C=O) groups is 2. The van der Waals surface area contributed by atoms with Crippen LogP contribution in [0.25, 0.3) is 0 Å². The normalized spacial score (nSPS) is 18.4. The Balaban J connectivity index is 2.41. The van der Waals surface area contributed by atoms with Gasteiger partial charge in [-0.25, -0.2) is 9.59 Å². The van der Waals surface area contributed by atoms with Gasteiger partial charge in [0.05, 0.1) is 18.2 Å². The second-order valence-corrected chi connectivity index (χ2v) is 7.64. The minimum atomic E-state index is -0.710. The standard InChI is InChI=1S/C20H28N2O5/c1-7-26-15-10-13(8-9-14(15)23)17-16(11(2)21-19(25)22-17)18(24)27-12(3)20(4,5)6/h8-10,12,17,23H,7H2,1-6H3,(H2,21,22,25)/t12-,17-/m1/s1. The van der Waals surface area contributed by atoms with Crippen LogP contribution >= 0.6 is 0 Å². The molecule has 1 aromatic carbocycles. The second-order valence-electron chi connectivity index (χ2n) is 7.64.